The summed E-state index contributed by atoms with van der Waals surface area (Å²) in [6.45, 7) is 8.79. The van der Waals surface area contributed by atoms with E-state index in [2.05, 4.69) is 20.8 Å². The highest BCUT2D eigenvalue weighted by molar-refractivity contribution is 5.71. The molecule has 1 aliphatic rings. The summed E-state index contributed by atoms with van der Waals surface area (Å²) in [7, 11) is 0. The third-order valence-corrected chi connectivity index (χ3v) is 3.44. The molecule has 0 aliphatic heterocycles. The number of rotatable bonds is 3. The van der Waals surface area contributed by atoms with Gasteiger partial charge in [-0.05, 0) is 39.0 Å². The Hall–Kier alpha value is -0.790. The number of carbonyl (C=O) groups excluding carboxylic acids is 1. The summed E-state index contributed by atoms with van der Waals surface area (Å²) in [5.74, 6) is -0.0657. The third-order valence-electron chi connectivity index (χ3n) is 3.44. The fourth-order valence-electron chi connectivity index (χ4n) is 2.11. The van der Waals surface area contributed by atoms with Crippen LogP contribution in [0, 0.1) is 5.41 Å². The van der Waals surface area contributed by atoms with Gasteiger partial charge in [0.2, 0.25) is 0 Å². The normalized spacial score (nSPS) is 26.9. The van der Waals surface area contributed by atoms with E-state index in [0.717, 1.165) is 12.8 Å². The van der Waals surface area contributed by atoms with E-state index in [1.807, 2.05) is 6.92 Å². The zero-order valence-corrected chi connectivity index (χ0v) is 9.64. The van der Waals surface area contributed by atoms with Crippen molar-refractivity contribution in [3.63, 3.8) is 0 Å². The molecule has 0 aromatic carbocycles. The van der Waals surface area contributed by atoms with Crippen molar-refractivity contribution in [1.82, 2.24) is 0 Å². The minimum Gasteiger partial charge on any atom is -0.466 e. The summed E-state index contributed by atoms with van der Waals surface area (Å²) in [5, 5.41) is 0. The van der Waals surface area contributed by atoms with Gasteiger partial charge in [-0.2, -0.15) is 0 Å². The molecular formula is C12H20O2. The van der Waals surface area contributed by atoms with Crippen LogP contribution in [-0.4, -0.2) is 12.6 Å². The monoisotopic (exact) mass is 196 g/mol. The maximum absolute atomic E-state index is 11.4. The number of hydrogen-bond donors (Lipinski definition) is 0. The summed E-state index contributed by atoms with van der Waals surface area (Å²) < 4.78 is 4.99. The van der Waals surface area contributed by atoms with Crippen LogP contribution in [0.2, 0.25) is 0 Å². The summed E-state index contributed by atoms with van der Waals surface area (Å²) in [4.78, 5) is 11.4. The molecule has 0 spiro atoms. The van der Waals surface area contributed by atoms with Crippen molar-refractivity contribution in [3.05, 3.63) is 11.1 Å². The van der Waals surface area contributed by atoms with E-state index in [0.29, 0.717) is 13.0 Å². The van der Waals surface area contributed by atoms with Gasteiger partial charge in [-0.25, -0.2) is 0 Å². The summed E-state index contributed by atoms with van der Waals surface area (Å²) >= 11 is 0. The first-order valence-electron chi connectivity index (χ1n) is 5.32. The average molecular weight is 196 g/mol. The zero-order chi connectivity index (χ0) is 10.8. The van der Waals surface area contributed by atoms with E-state index in [9.17, 15) is 4.79 Å². The SMILES string of the molecule is CCOC(=O)CC1(C)CCC(C)=C1C. The molecule has 2 heteroatoms. The Morgan fingerprint density at radius 1 is 1.50 bits per heavy atom. The van der Waals surface area contributed by atoms with Crippen molar-refractivity contribution in [2.75, 3.05) is 6.61 Å². The fraction of sp³-hybridized carbons (Fsp3) is 0.750. The topological polar surface area (TPSA) is 26.3 Å². The Balaban J connectivity index is 2.64. The van der Waals surface area contributed by atoms with Gasteiger partial charge in [0.05, 0.1) is 13.0 Å². The molecule has 1 aliphatic carbocycles. The molecule has 14 heavy (non-hydrogen) atoms. The quantitative estimate of drug-likeness (QED) is 0.512. The van der Waals surface area contributed by atoms with Crippen LogP contribution >= 0.6 is 0 Å². The third kappa shape index (κ3) is 2.17. The van der Waals surface area contributed by atoms with E-state index in [1.54, 1.807) is 0 Å². The first-order chi connectivity index (χ1) is 6.49. The second-order valence-electron chi connectivity index (χ2n) is 4.45. The lowest BCUT2D eigenvalue weighted by Crippen LogP contribution is -2.21. The van der Waals surface area contributed by atoms with Gasteiger partial charge in [0.1, 0.15) is 0 Å². The van der Waals surface area contributed by atoms with Crippen molar-refractivity contribution >= 4 is 5.97 Å². The van der Waals surface area contributed by atoms with E-state index >= 15 is 0 Å². The van der Waals surface area contributed by atoms with Gasteiger partial charge >= 0.3 is 5.97 Å². The molecule has 0 saturated carbocycles. The Morgan fingerprint density at radius 2 is 2.14 bits per heavy atom. The predicted octanol–water partition coefficient (Wildman–Crippen LogP) is 3.08. The van der Waals surface area contributed by atoms with E-state index in [-0.39, 0.29) is 11.4 Å². The van der Waals surface area contributed by atoms with Gasteiger partial charge in [0.15, 0.2) is 0 Å². The van der Waals surface area contributed by atoms with Gasteiger partial charge in [-0.3, -0.25) is 4.79 Å². The molecule has 0 saturated heterocycles. The van der Waals surface area contributed by atoms with Crippen molar-refractivity contribution in [2.45, 2.75) is 47.0 Å². The molecule has 0 aromatic rings. The van der Waals surface area contributed by atoms with Crippen LogP contribution in [0.4, 0.5) is 0 Å². The molecular weight excluding hydrogens is 176 g/mol. The van der Waals surface area contributed by atoms with Gasteiger partial charge in [0, 0.05) is 0 Å². The second-order valence-corrected chi connectivity index (χ2v) is 4.45. The molecule has 80 valence electrons. The van der Waals surface area contributed by atoms with Crippen LogP contribution in [0.3, 0.4) is 0 Å². The Labute approximate surface area is 86.3 Å². The predicted molar refractivity (Wildman–Crippen MR) is 57.0 cm³/mol. The van der Waals surface area contributed by atoms with Crippen molar-refractivity contribution in [1.29, 1.82) is 0 Å². The first-order valence-corrected chi connectivity index (χ1v) is 5.32. The molecule has 0 radical (unpaired) electrons. The summed E-state index contributed by atoms with van der Waals surface area (Å²) in [6.07, 6.45) is 2.75. The van der Waals surface area contributed by atoms with E-state index < -0.39 is 0 Å². The number of allylic oxidation sites excluding steroid dienone is 2. The lowest BCUT2D eigenvalue weighted by Gasteiger charge is -2.24. The molecule has 0 bridgehead atoms. The Kier molecular flexibility index (Phi) is 3.35. The smallest absolute Gasteiger partial charge is 0.306 e. The molecule has 0 aromatic heterocycles. The molecule has 1 unspecified atom stereocenters. The van der Waals surface area contributed by atoms with Crippen molar-refractivity contribution < 1.29 is 9.53 Å². The minimum atomic E-state index is -0.0657. The Bertz CT molecular complexity index is 265. The Morgan fingerprint density at radius 3 is 2.57 bits per heavy atom. The molecule has 2 nitrogen and oxygen atoms in total. The fourth-order valence-corrected chi connectivity index (χ4v) is 2.11. The average Bonchev–Trinajstić information content (AvgIpc) is 2.34. The molecule has 0 amide bonds. The van der Waals surface area contributed by atoms with Crippen LogP contribution in [0.5, 0.6) is 0 Å². The van der Waals surface area contributed by atoms with Gasteiger partial charge in [0.25, 0.3) is 0 Å². The zero-order valence-electron chi connectivity index (χ0n) is 9.64. The van der Waals surface area contributed by atoms with Crippen molar-refractivity contribution in [2.24, 2.45) is 5.41 Å². The van der Waals surface area contributed by atoms with E-state index in [1.165, 1.54) is 11.1 Å². The molecule has 1 rings (SSSR count). The number of carbonyl (C=O) groups is 1. The van der Waals surface area contributed by atoms with Gasteiger partial charge in [-0.15, -0.1) is 0 Å². The van der Waals surface area contributed by atoms with Gasteiger partial charge < -0.3 is 4.74 Å². The largest absolute Gasteiger partial charge is 0.466 e. The van der Waals surface area contributed by atoms with Crippen molar-refractivity contribution in [3.8, 4) is 0 Å². The maximum atomic E-state index is 11.4. The maximum Gasteiger partial charge on any atom is 0.306 e. The summed E-state index contributed by atoms with van der Waals surface area (Å²) in [6, 6.07) is 0. The summed E-state index contributed by atoms with van der Waals surface area (Å²) in [5.41, 5.74) is 2.87. The molecule has 1 atom stereocenters. The molecule has 0 heterocycles. The molecule has 0 fully saturated rings. The number of esters is 1. The lowest BCUT2D eigenvalue weighted by atomic mass is 9.81. The number of ether oxygens (including phenoxy) is 1. The van der Waals surface area contributed by atoms with Crippen LogP contribution < -0.4 is 0 Å². The highest BCUT2D eigenvalue weighted by Crippen LogP contribution is 2.44. The standard InChI is InChI=1S/C12H20O2/c1-5-14-11(13)8-12(4)7-6-9(2)10(12)3/h5-8H2,1-4H3. The van der Waals surface area contributed by atoms with E-state index in [4.69, 9.17) is 4.74 Å². The number of hydrogen-bond acceptors (Lipinski definition) is 2. The lowest BCUT2D eigenvalue weighted by molar-refractivity contribution is -0.145. The van der Waals surface area contributed by atoms with Crippen LogP contribution in [0.15, 0.2) is 11.1 Å². The van der Waals surface area contributed by atoms with Crippen LogP contribution in [0.25, 0.3) is 0 Å². The highest BCUT2D eigenvalue weighted by atomic mass is 16.5. The van der Waals surface area contributed by atoms with Crippen LogP contribution in [-0.2, 0) is 9.53 Å². The first kappa shape index (κ1) is 11.3. The second kappa shape index (κ2) is 4.16. The molecule has 0 N–H and O–H groups in total. The minimum absolute atomic E-state index is 0.0519. The highest BCUT2D eigenvalue weighted by Gasteiger charge is 2.34. The van der Waals surface area contributed by atoms with Gasteiger partial charge in [-0.1, -0.05) is 18.1 Å². The van der Waals surface area contributed by atoms with Crippen LogP contribution in [0.1, 0.15) is 47.0 Å².